The third-order valence-electron chi connectivity index (χ3n) is 3.82. The fourth-order valence-corrected chi connectivity index (χ4v) is 2.17. The second-order valence-corrected chi connectivity index (χ2v) is 5.83. The molecular weight excluding hydrogens is 332 g/mol. The van der Waals surface area contributed by atoms with E-state index in [1.807, 2.05) is 0 Å². The maximum absolute atomic E-state index is 12.3. The Morgan fingerprint density at radius 2 is 1.54 bits per heavy atom. The van der Waals surface area contributed by atoms with Crippen LogP contribution in [-0.4, -0.2) is 29.8 Å². The van der Waals surface area contributed by atoms with Gasteiger partial charge in [-0.05, 0) is 62.4 Å². The maximum atomic E-state index is 12.3. The molecule has 2 N–H and O–H groups in total. The number of phenolic OH excluding ortho intramolecular Hbond substituents is 1. The van der Waals surface area contributed by atoms with Crippen molar-refractivity contribution >= 4 is 29.0 Å². The summed E-state index contributed by atoms with van der Waals surface area (Å²) in [7, 11) is 1.58. The monoisotopic (exact) mass is 352 g/mol. The molecule has 0 aromatic heterocycles. The number of hydrogen-bond donors (Lipinski definition) is 2. The molecule has 0 unspecified atom stereocenters. The van der Waals surface area contributed by atoms with Gasteiger partial charge in [-0.2, -0.15) is 0 Å². The van der Waals surface area contributed by atoms with Crippen molar-refractivity contribution in [2.24, 2.45) is 0 Å². The molecular formula is C20H20N2O4. The molecule has 0 saturated carbocycles. The van der Waals surface area contributed by atoms with E-state index in [-0.39, 0.29) is 23.0 Å². The number of carbonyl (C=O) groups excluding carboxylic acids is 3. The number of nitrogens with one attached hydrogen (secondary N) is 1. The average molecular weight is 352 g/mol. The van der Waals surface area contributed by atoms with E-state index in [0.717, 1.165) is 0 Å². The minimum Gasteiger partial charge on any atom is -0.508 e. The number of aromatic hydroxyl groups is 1. The minimum atomic E-state index is -0.409. The van der Waals surface area contributed by atoms with Crippen molar-refractivity contribution < 1.29 is 19.5 Å². The average Bonchev–Trinajstić information content (AvgIpc) is 2.62. The first-order valence-corrected chi connectivity index (χ1v) is 7.95. The van der Waals surface area contributed by atoms with E-state index in [1.165, 1.54) is 30.0 Å². The Morgan fingerprint density at radius 3 is 2.08 bits per heavy atom. The van der Waals surface area contributed by atoms with Crippen LogP contribution in [-0.2, 0) is 9.59 Å². The highest BCUT2D eigenvalue weighted by Crippen LogP contribution is 2.18. The van der Waals surface area contributed by atoms with Crippen molar-refractivity contribution in [3.63, 3.8) is 0 Å². The Morgan fingerprint density at radius 1 is 0.962 bits per heavy atom. The van der Waals surface area contributed by atoms with Crippen molar-refractivity contribution in [3.05, 3.63) is 65.7 Å². The van der Waals surface area contributed by atoms with E-state index in [0.29, 0.717) is 16.9 Å². The standard InChI is InChI=1S/C20H20N2O4/c1-13(12-19(25)22(3)17-8-10-18(24)11-9-17)20(26)21-16-6-4-15(5-7-16)14(2)23/h4-12,24H,1-3H3,(H,21,26)/b13-12-. The van der Waals surface area contributed by atoms with Crippen molar-refractivity contribution in [2.75, 3.05) is 17.3 Å². The van der Waals surface area contributed by atoms with Gasteiger partial charge in [0.15, 0.2) is 5.78 Å². The summed E-state index contributed by atoms with van der Waals surface area (Å²) < 4.78 is 0. The van der Waals surface area contributed by atoms with Gasteiger partial charge in [0.05, 0.1) is 0 Å². The van der Waals surface area contributed by atoms with Gasteiger partial charge in [-0.1, -0.05) is 0 Å². The summed E-state index contributed by atoms with van der Waals surface area (Å²) in [5.41, 5.74) is 1.93. The van der Waals surface area contributed by atoms with E-state index < -0.39 is 5.91 Å². The van der Waals surface area contributed by atoms with Crippen LogP contribution in [0.25, 0.3) is 0 Å². The first kappa shape index (κ1) is 18.9. The number of benzene rings is 2. The number of amides is 2. The largest absolute Gasteiger partial charge is 0.508 e. The topological polar surface area (TPSA) is 86.7 Å². The third-order valence-corrected chi connectivity index (χ3v) is 3.82. The summed E-state index contributed by atoms with van der Waals surface area (Å²) in [4.78, 5) is 37.1. The molecule has 0 fully saturated rings. The van der Waals surface area contributed by atoms with Crippen LogP contribution in [0.15, 0.2) is 60.2 Å². The molecule has 0 aliphatic carbocycles. The number of phenols is 1. The lowest BCUT2D eigenvalue weighted by atomic mass is 10.1. The van der Waals surface area contributed by atoms with Gasteiger partial charge in [-0.15, -0.1) is 0 Å². The Kier molecular flexibility index (Phi) is 5.90. The predicted octanol–water partition coefficient (Wildman–Crippen LogP) is 3.14. The van der Waals surface area contributed by atoms with Crippen LogP contribution >= 0.6 is 0 Å². The van der Waals surface area contributed by atoms with Crippen LogP contribution in [0.1, 0.15) is 24.2 Å². The van der Waals surface area contributed by atoms with Crippen LogP contribution in [0.5, 0.6) is 5.75 Å². The maximum Gasteiger partial charge on any atom is 0.251 e. The Bertz CT molecular complexity index is 852. The number of ketones is 1. The van der Waals surface area contributed by atoms with Gasteiger partial charge >= 0.3 is 0 Å². The first-order chi connectivity index (χ1) is 12.3. The molecule has 2 aromatic rings. The molecule has 2 amide bonds. The molecule has 0 heterocycles. The summed E-state index contributed by atoms with van der Waals surface area (Å²) in [5.74, 6) is -0.721. The smallest absolute Gasteiger partial charge is 0.251 e. The molecule has 2 rings (SSSR count). The van der Waals surface area contributed by atoms with Gasteiger partial charge < -0.3 is 15.3 Å². The molecule has 0 radical (unpaired) electrons. The number of hydrogen-bond acceptors (Lipinski definition) is 4. The number of anilines is 2. The number of likely N-dealkylation sites (N-methyl/N-ethyl adjacent to an activating group) is 1. The molecule has 0 atom stereocenters. The lowest BCUT2D eigenvalue weighted by molar-refractivity contribution is -0.115. The molecule has 0 aliphatic rings. The second-order valence-electron chi connectivity index (χ2n) is 5.83. The first-order valence-electron chi connectivity index (χ1n) is 7.95. The van der Waals surface area contributed by atoms with Crippen LogP contribution in [0.3, 0.4) is 0 Å². The van der Waals surface area contributed by atoms with Gasteiger partial charge in [-0.25, -0.2) is 0 Å². The van der Waals surface area contributed by atoms with Gasteiger partial charge in [0.2, 0.25) is 0 Å². The molecule has 6 heteroatoms. The zero-order chi connectivity index (χ0) is 19.3. The molecule has 2 aromatic carbocycles. The van der Waals surface area contributed by atoms with Gasteiger partial charge in [0.25, 0.3) is 11.8 Å². The summed E-state index contributed by atoms with van der Waals surface area (Å²) in [6.45, 7) is 3.01. The molecule has 0 bridgehead atoms. The highest BCUT2D eigenvalue weighted by atomic mass is 16.3. The highest BCUT2D eigenvalue weighted by Gasteiger charge is 2.12. The number of Topliss-reactive ketones (excluding diaryl/α,β-unsaturated/α-hetero) is 1. The molecule has 134 valence electrons. The van der Waals surface area contributed by atoms with E-state index in [9.17, 15) is 19.5 Å². The number of carbonyl (C=O) groups is 3. The van der Waals surface area contributed by atoms with Crippen molar-refractivity contribution in [2.45, 2.75) is 13.8 Å². The van der Waals surface area contributed by atoms with Gasteiger partial charge in [0, 0.05) is 35.6 Å². The number of nitrogens with zero attached hydrogens (tertiary/aromatic N) is 1. The third kappa shape index (κ3) is 4.80. The summed E-state index contributed by atoms with van der Waals surface area (Å²) >= 11 is 0. The SMILES string of the molecule is CC(=O)c1ccc(NC(=O)/C(C)=C\C(=O)N(C)c2ccc(O)cc2)cc1. The van der Waals surface area contributed by atoms with Crippen LogP contribution in [0.2, 0.25) is 0 Å². The van der Waals surface area contributed by atoms with E-state index in [2.05, 4.69) is 5.32 Å². The fraction of sp³-hybridized carbons (Fsp3) is 0.150. The summed E-state index contributed by atoms with van der Waals surface area (Å²) in [5, 5.41) is 12.0. The van der Waals surface area contributed by atoms with E-state index in [1.54, 1.807) is 50.4 Å². The van der Waals surface area contributed by atoms with E-state index >= 15 is 0 Å². The van der Waals surface area contributed by atoms with Crippen LogP contribution in [0.4, 0.5) is 11.4 Å². The van der Waals surface area contributed by atoms with Crippen LogP contribution < -0.4 is 10.2 Å². The van der Waals surface area contributed by atoms with Crippen molar-refractivity contribution in [3.8, 4) is 5.75 Å². The molecule has 0 spiro atoms. The van der Waals surface area contributed by atoms with Gasteiger partial charge in [0.1, 0.15) is 5.75 Å². The second kappa shape index (κ2) is 8.11. The molecule has 0 saturated heterocycles. The molecule has 0 aliphatic heterocycles. The zero-order valence-corrected chi connectivity index (χ0v) is 14.8. The lowest BCUT2D eigenvalue weighted by Crippen LogP contribution is -2.25. The van der Waals surface area contributed by atoms with E-state index in [4.69, 9.17) is 0 Å². The molecule has 26 heavy (non-hydrogen) atoms. The lowest BCUT2D eigenvalue weighted by Gasteiger charge is -2.15. The predicted molar refractivity (Wildman–Crippen MR) is 100 cm³/mol. The van der Waals surface area contributed by atoms with Crippen molar-refractivity contribution in [1.82, 2.24) is 0 Å². The zero-order valence-electron chi connectivity index (χ0n) is 14.8. The summed E-state index contributed by atoms with van der Waals surface area (Å²) in [6.07, 6.45) is 1.24. The normalized spacial score (nSPS) is 11.0. The van der Waals surface area contributed by atoms with Crippen LogP contribution in [0, 0.1) is 0 Å². The quantitative estimate of drug-likeness (QED) is 0.639. The number of rotatable bonds is 5. The minimum absolute atomic E-state index is 0.0539. The Labute approximate surface area is 151 Å². The fourth-order valence-electron chi connectivity index (χ4n) is 2.17. The summed E-state index contributed by atoms with van der Waals surface area (Å²) in [6, 6.07) is 12.7. The van der Waals surface area contributed by atoms with Crippen molar-refractivity contribution in [1.29, 1.82) is 0 Å². The Hall–Kier alpha value is -3.41. The highest BCUT2D eigenvalue weighted by molar-refractivity contribution is 6.10. The molecule has 6 nitrogen and oxygen atoms in total. The Balaban J connectivity index is 2.04. The van der Waals surface area contributed by atoms with Gasteiger partial charge in [-0.3, -0.25) is 14.4 Å².